The van der Waals surface area contributed by atoms with Gasteiger partial charge in [-0.2, -0.15) is 4.98 Å². The zero-order valence-electron chi connectivity index (χ0n) is 32.5. The summed E-state index contributed by atoms with van der Waals surface area (Å²) >= 11 is 0. The number of nitrogen functional groups attached to an aromatic ring is 3. The molecule has 4 aliphatic carbocycles. The van der Waals surface area contributed by atoms with E-state index < -0.39 is 18.3 Å². The molecule has 0 amide bonds. The maximum atomic E-state index is 10.1. The molecule has 6 aromatic rings. The first kappa shape index (κ1) is 41.7. The van der Waals surface area contributed by atoms with Gasteiger partial charge in [0.25, 0.3) is 0 Å². The third-order valence-electron chi connectivity index (χ3n) is 11.3. The minimum Gasteiger partial charge on any atom is -0.396 e. The van der Waals surface area contributed by atoms with Crippen LogP contribution in [0.15, 0.2) is 43.8 Å². The molecule has 3 saturated carbocycles. The van der Waals surface area contributed by atoms with Crippen molar-refractivity contribution >= 4 is 51.1 Å². The van der Waals surface area contributed by atoms with Gasteiger partial charge in [-0.05, 0) is 51.4 Å². The fourth-order valence-electron chi connectivity index (χ4n) is 7.84. The number of imidazole rings is 3. The van der Waals surface area contributed by atoms with Crippen LogP contribution in [0.5, 0.6) is 0 Å². The summed E-state index contributed by atoms with van der Waals surface area (Å²) in [6, 6.07) is 0.272. The summed E-state index contributed by atoms with van der Waals surface area (Å²) in [7, 11) is 0. The topological polar surface area (TPSA) is 356 Å². The Hall–Kier alpha value is -5.49. The van der Waals surface area contributed by atoms with Crippen molar-refractivity contribution in [3.05, 3.63) is 49.5 Å². The van der Waals surface area contributed by atoms with Crippen molar-refractivity contribution in [3.63, 3.8) is 0 Å². The summed E-state index contributed by atoms with van der Waals surface area (Å²) in [6.45, 7) is 1.98. The number of aliphatic hydroxyl groups is 6. The summed E-state index contributed by atoms with van der Waals surface area (Å²) in [4.78, 5) is 37.0. The Balaban J connectivity index is 0.000000128. The van der Waals surface area contributed by atoms with E-state index in [1.807, 2.05) is 22.1 Å². The molecule has 10 rings (SSSR count). The minimum absolute atomic E-state index is 0.0946. The Morgan fingerprint density at radius 1 is 0.627 bits per heavy atom. The number of fused-ring (bicyclic) bond motifs is 3. The van der Waals surface area contributed by atoms with Crippen molar-refractivity contribution in [2.75, 3.05) is 37.0 Å². The third-order valence-corrected chi connectivity index (χ3v) is 11.3. The number of allylic oxidation sites excluding steroid dienone is 1. The standard InChI is InChI=1S/C12H15N5O.C11H15N5O3.C11H15N5O2.C3H7N/c1-7-10-11(16-12(13)15-7)17(6-14-10)9-3-2-8(4-9)5-18;12-10-7-11(14-3-13-10)16(4-15-7)6-1-5(2-17)8(18)9(6)19;12-10-9-11(14-4-13-10)16(5-15-9)7-1-6(3-17)2-8(7)18;4-3-1-2-3/h2-3,6,8-9,18H,4-5H2,1H3,(H2,13,15,16);3-6,8-9,17-19H,1-2H2,(H2,12,13,14);4-8,17-18H,1-3H2,(H2,12,13,14);3H,1-2,4H2/t;5-,6-,8+,9?;6-,7+,8?;/m.10./s1. The van der Waals surface area contributed by atoms with Gasteiger partial charge >= 0.3 is 0 Å². The second-order valence-corrected chi connectivity index (χ2v) is 15.5. The maximum Gasteiger partial charge on any atom is 0.222 e. The second-order valence-electron chi connectivity index (χ2n) is 15.5. The Kier molecular flexibility index (Phi) is 12.6. The first-order chi connectivity index (χ1) is 28.4. The van der Waals surface area contributed by atoms with Gasteiger partial charge in [0, 0.05) is 37.7 Å². The van der Waals surface area contributed by atoms with Crippen LogP contribution in [0.25, 0.3) is 33.5 Å². The lowest BCUT2D eigenvalue weighted by atomic mass is 10.1. The lowest BCUT2D eigenvalue weighted by Gasteiger charge is -2.18. The molecule has 0 aromatic carbocycles. The van der Waals surface area contributed by atoms with Crippen molar-refractivity contribution in [1.82, 2.24) is 58.6 Å². The first-order valence-corrected chi connectivity index (χ1v) is 19.6. The highest BCUT2D eigenvalue weighted by molar-refractivity contribution is 5.82. The van der Waals surface area contributed by atoms with Crippen molar-refractivity contribution < 1.29 is 30.6 Å². The molecule has 0 bridgehead atoms. The smallest absolute Gasteiger partial charge is 0.222 e. The summed E-state index contributed by atoms with van der Waals surface area (Å²) in [5.41, 5.74) is 26.8. The highest BCUT2D eigenvalue weighted by atomic mass is 16.3. The average molecular weight is 817 g/mol. The van der Waals surface area contributed by atoms with Crippen LogP contribution in [0.2, 0.25) is 0 Å². The molecule has 22 nitrogen and oxygen atoms in total. The van der Waals surface area contributed by atoms with Crippen LogP contribution in [-0.2, 0) is 0 Å². The molecule has 4 unspecified atom stereocenters. The molecule has 9 atom stereocenters. The minimum atomic E-state index is -0.967. The van der Waals surface area contributed by atoms with Crippen LogP contribution in [0.3, 0.4) is 0 Å². The van der Waals surface area contributed by atoms with E-state index in [2.05, 4.69) is 50.9 Å². The molecule has 0 saturated heterocycles. The summed E-state index contributed by atoms with van der Waals surface area (Å²) in [5, 5.41) is 57.5. The highest BCUT2D eigenvalue weighted by Gasteiger charge is 2.42. The molecular formula is C37H52N16O6. The molecule has 3 fully saturated rings. The summed E-state index contributed by atoms with van der Waals surface area (Å²) in [5.74, 6) is 0.869. The summed E-state index contributed by atoms with van der Waals surface area (Å²) in [6.07, 6.45) is 14.5. The number of rotatable bonds is 6. The lowest BCUT2D eigenvalue weighted by molar-refractivity contribution is -0.00370. The largest absolute Gasteiger partial charge is 0.396 e. The molecule has 4 aliphatic rings. The third kappa shape index (κ3) is 8.78. The van der Waals surface area contributed by atoms with Gasteiger partial charge in [-0.15, -0.1) is 0 Å². The normalized spacial score (nSPS) is 27.4. The second kappa shape index (κ2) is 17.8. The van der Waals surface area contributed by atoms with Gasteiger partial charge in [-0.1, -0.05) is 12.2 Å². The Morgan fingerprint density at radius 2 is 1.22 bits per heavy atom. The van der Waals surface area contributed by atoms with Crippen LogP contribution >= 0.6 is 0 Å². The van der Waals surface area contributed by atoms with E-state index in [0.717, 1.165) is 23.3 Å². The average Bonchev–Trinajstić information content (AvgIpc) is 3.87. The molecule has 0 radical (unpaired) electrons. The van der Waals surface area contributed by atoms with Crippen LogP contribution in [-0.4, -0.2) is 133 Å². The van der Waals surface area contributed by atoms with Gasteiger partial charge in [-0.3, -0.25) is 0 Å². The number of aromatic nitrogens is 12. The highest BCUT2D eigenvalue weighted by Crippen LogP contribution is 2.38. The van der Waals surface area contributed by atoms with Gasteiger partial charge in [-0.25, -0.2) is 39.9 Å². The summed E-state index contributed by atoms with van der Waals surface area (Å²) < 4.78 is 5.50. The molecule has 59 heavy (non-hydrogen) atoms. The van der Waals surface area contributed by atoms with Crippen molar-refractivity contribution in [3.8, 4) is 0 Å². The molecule has 316 valence electrons. The number of aliphatic hydroxyl groups excluding tert-OH is 6. The molecule has 6 aromatic heterocycles. The molecule has 14 N–H and O–H groups in total. The van der Waals surface area contributed by atoms with Crippen LogP contribution < -0.4 is 22.9 Å². The van der Waals surface area contributed by atoms with E-state index in [1.165, 1.54) is 31.8 Å². The predicted octanol–water partition coefficient (Wildman–Crippen LogP) is -0.670. The number of nitrogens with zero attached hydrogens (tertiary/aromatic N) is 12. The van der Waals surface area contributed by atoms with Crippen LogP contribution in [0, 0.1) is 24.7 Å². The van der Waals surface area contributed by atoms with E-state index in [9.17, 15) is 25.5 Å². The van der Waals surface area contributed by atoms with E-state index in [1.54, 1.807) is 17.2 Å². The van der Waals surface area contributed by atoms with E-state index in [4.69, 9.17) is 28.0 Å². The monoisotopic (exact) mass is 816 g/mol. The van der Waals surface area contributed by atoms with Crippen LogP contribution in [0.4, 0.5) is 17.6 Å². The molecule has 22 heteroatoms. The van der Waals surface area contributed by atoms with Crippen molar-refractivity contribution in [2.24, 2.45) is 23.5 Å². The molecule has 0 spiro atoms. The quantitative estimate of drug-likeness (QED) is 0.0932. The Labute approximate surface area is 337 Å². The zero-order chi connectivity index (χ0) is 42.0. The lowest BCUT2D eigenvalue weighted by Crippen LogP contribution is -2.30. The zero-order valence-corrected chi connectivity index (χ0v) is 32.5. The fraction of sp³-hybridized carbons (Fsp3) is 0.541. The Morgan fingerprint density at radius 3 is 1.75 bits per heavy atom. The van der Waals surface area contributed by atoms with Gasteiger partial charge in [0.15, 0.2) is 28.6 Å². The molecule has 0 aliphatic heterocycles. The van der Waals surface area contributed by atoms with E-state index in [-0.39, 0.29) is 67.5 Å². The molecular weight excluding hydrogens is 765 g/mol. The van der Waals surface area contributed by atoms with Crippen molar-refractivity contribution in [2.45, 2.75) is 87.9 Å². The number of aryl methyl sites for hydroxylation is 1. The predicted molar refractivity (Wildman–Crippen MR) is 216 cm³/mol. The van der Waals surface area contributed by atoms with Gasteiger partial charge in [0.1, 0.15) is 35.3 Å². The van der Waals surface area contributed by atoms with E-state index >= 15 is 0 Å². The molecule has 6 heterocycles. The maximum absolute atomic E-state index is 10.1. The fourth-order valence-corrected chi connectivity index (χ4v) is 7.84. The first-order valence-electron chi connectivity index (χ1n) is 19.6. The van der Waals surface area contributed by atoms with Crippen LogP contribution in [0.1, 0.15) is 62.3 Å². The number of hydrogen-bond acceptors (Lipinski definition) is 19. The number of hydrogen-bond donors (Lipinski definition) is 10. The SMILES string of the molecule is Cc1nc(N)nc2c1ncn2C1C=CC(CO)C1.NC1CC1.Nc1ncnc2c1ncn2[C@@H]1C[C@H](CO)CC1O.Nc1ncnc2c1ncn2[C@@H]1C[C@H](CO)[C@H](O)C1O. The number of nitrogens with two attached hydrogens (primary N) is 4. The van der Waals surface area contributed by atoms with Gasteiger partial charge < -0.3 is 67.3 Å². The van der Waals surface area contributed by atoms with Gasteiger partial charge in [0.05, 0.1) is 55.0 Å². The Bertz CT molecular complexity index is 2380. The van der Waals surface area contributed by atoms with Gasteiger partial charge in [0.2, 0.25) is 5.95 Å². The van der Waals surface area contributed by atoms with E-state index in [0.29, 0.717) is 53.4 Å². The number of anilines is 3. The van der Waals surface area contributed by atoms with Crippen molar-refractivity contribution in [1.29, 1.82) is 0 Å².